The maximum Gasteiger partial charge on any atom is 0.251 e. The number of rotatable bonds is 8. The first-order valence-electron chi connectivity index (χ1n) is 8.27. The van der Waals surface area contributed by atoms with Crippen LogP contribution < -0.4 is 16.0 Å². The van der Waals surface area contributed by atoms with Gasteiger partial charge in [0.25, 0.3) is 5.91 Å². The van der Waals surface area contributed by atoms with Gasteiger partial charge in [-0.1, -0.05) is 38.5 Å². The zero-order valence-electron chi connectivity index (χ0n) is 14.8. The van der Waals surface area contributed by atoms with Crippen LogP contribution in [0.5, 0.6) is 0 Å². The monoisotopic (exact) mass is 333 g/mol. The topological polar surface area (TPSA) is 87.3 Å². The molecule has 0 radical (unpaired) electrons. The van der Waals surface area contributed by atoms with Gasteiger partial charge in [-0.25, -0.2) is 0 Å². The molecule has 1 atom stereocenters. The van der Waals surface area contributed by atoms with Crippen LogP contribution >= 0.6 is 0 Å². The van der Waals surface area contributed by atoms with Gasteiger partial charge < -0.3 is 16.0 Å². The van der Waals surface area contributed by atoms with Crippen LogP contribution in [-0.2, 0) is 9.59 Å². The second-order valence-corrected chi connectivity index (χ2v) is 6.13. The van der Waals surface area contributed by atoms with Crippen LogP contribution in [0.3, 0.4) is 0 Å². The average Bonchev–Trinajstić information content (AvgIpc) is 2.55. The zero-order chi connectivity index (χ0) is 18.1. The summed E-state index contributed by atoms with van der Waals surface area (Å²) in [6.07, 6.45) is 0.834. The van der Waals surface area contributed by atoms with E-state index in [1.165, 1.54) is 0 Å². The highest BCUT2D eigenvalue weighted by molar-refractivity contribution is 5.98. The molecular weight excluding hydrogens is 306 g/mol. The zero-order valence-corrected chi connectivity index (χ0v) is 14.8. The van der Waals surface area contributed by atoms with Gasteiger partial charge in [-0.3, -0.25) is 14.4 Å². The van der Waals surface area contributed by atoms with Crippen molar-refractivity contribution in [3.63, 3.8) is 0 Å². The molecule has 3 N–H and O–H groups in total. The molecule has 1 aromatic rings. The van der Waals surface area contributed by atoms with Crippen LogP contribution in [0.4, 0.5) is 0 Å². The van der Waals surface area contributed by atoms with Crippen molar-refractivity contribution in [1.29, 1.82) is 0 Å². The van der Waals surface area contributed by atoms with Gasteiger partial charge in [-0.05, 0) is 31.4 Å². The second kappa shape index (κ2) is 9.70. The van der Waals surface area contributed by atoms with Gasteiger partial charge in [0.05, 0.1) is 6.54 Å². The number of nitrogens with one attached hydrogen (secondary N) is 3. The smallest absolute Gasteiger partial charge is 0.251 e. The minimum Gasteiger partial charge on any atom is -0.355 e. The first-order valence-corrected chi connectivity index (χ1v) is 8.27. The van der Waals surface area contributed by atoms with Crippen molar-refractivity contribution >= 4 is 17.7 Å². The summed E-state index contributed by atoms with van der Waals surface area (Å²) in [7, 11) is 0. The Morgan fingerprint density at radius 3 is 2.42 bits per heavy atom. The number of benzene rings is 1. The van der Waals surface area contributed by atoms with Crippen LogP contribution in [0.2, 0.25) is 0 Å². The Morgan fingerprint density at radius 2 is 1.83 bits per heavy atom. The lowest BCUT2D eigenvalue weighted by Crippen LogP contribution is -2.51. The number of amides is 3. The quantitative estimate of drug-likeness (QED) is 0.672. The highest BCUT2D eigenvalue weighted by Crippen LogP contribution is 2.07. The van der Waals surface area contributed by atoms with E-state index in [0.717, 1.165) is 12.0 Å². The summed E-state index contributed by atoms with van der Waals surface area (Å²) in [6, 6.07) is 6.47. The van der Waals surface area contributed by atoms with E-state index in [1.54, 1.807) is 18.2 Å². The average molecular weight is 333 g/mol. The van der Waals surface area contributed by atoms with E-state index in [1.807, 2.05) is 33.8 Å². The molecule has 0 saturated carbocycles. The molecule has 6 nitrogen and oxygen atoms in total. The summed E-state index contributed by atoms with van der Waals surface area (Å²) in [5.74, 6) is -1.00. The number of carbonyl (C=O) groups excluding carboxylic acids is 3. The Labute approximate surface area is 143 Å². The van der Waals surface area contributed by atoms with Crippen molar-refractivity contribution < 1.29 is 14.4 Å². The van der Waals surface area contributed by atoms with Crippen LogP contribution in [0.1, 0.15) is 43.1 Å². The summed E-state index contributed by atoms with van der Waals surface area (Å²) < 4.78 is 0. The van der Waals surface area contributed by atoms with Crippen LogP contribution in [-0.4, -0.2) is 36.9 Å². The molecule has 3 amide bonds. The van der Waals surface area contributed by atoms with Crippen molar-refractivity contribution in [3.05, 3.63) is 35.4 Å². The van der Waals surface area contributed by atoms with Crippen LogP contribution in [0.15, 0.2) is 24.3 Å². The van der Waals surface area contributed by atoms with E-state index in [2.05, 4.69) is 16.0 Å². The molecule has 1 aromatic carbocycles. The lowest BCUT2D eigenvalue weighted by molar-refractivity contribution is -0.127. The fourth-order valence-corrected chi connectivity index (χ4v) is 2.15. The number of hydrogen-bond donors (Lipinski definition) is 3. The van der Waals surface area contributed by atoms with Crippen molar-refractivity contribution in [1.82, 2.24) is 16.0 Å². The summed E-state index contributed by atoms with van der Waals surface area (Å²) in [5, 5.41) is 8.01. The van der Waals surface area contributed by atoms with E-state index >= 15 is 0 Å². The van der Waals surface area contributed by atoms with Gasteiger partial charge in [0.2, 0.25) is 11.8 Å². The molecule has 1 rings (SSSR count). The minimum atomic E-state index is -0.697. The predicted molar refractivity (Wildman–Crippen MR) is 93.6 cm³/mol. The fraction of sp³-hybridized carbons (Fsp3) is 0.500. The Bertz CT molecular complexity index is 585. The van der Waals surface area contributed by atoms with Crippen molar-refractivity contribution in [3.8, 4) is 0 Å². The Balaban J connectivity index is 2.64. The van der Waals surface area contributed by atoms with Crippen LogP contribution in [0, 0.1) is 12.8 Å². The van der Waals surface area contributed by atoms with Gasteiger partial charge in [0, 0.05) is 12.1 Å². The molecule has 24 heavy (non-hydrogen) atoms. The third-order valence-electron chi connectivity index (χ3n) is 3.51. The summed E-state index contributed by atoms with van der Waals surface area (Å²) in [6.45, 7) is 8.03. The van der Waals surface area contributed by atoms with Gasteiger partial charge in [-0.2, -0.15) is 0 Å². The second-order valence-electron chi connectivity index (χ2n) is 6.13. The molecule has 0 saturated heterocycles. The molecule has 1 unspecified atom stereocenters. The largest absolute Gasteiger partial charge is 0.355 e. The molecule has 132 valence electrons. The molecule has 6 heteroatoms. The number of carbonyl (C=O) groups is 3. The fourth-order valence-electron chi connectivity index (χ4n) is 2.15. The molecule has 0 spiro atoms. The first kappa shape index (κ1) is 19.7. The van der Waals surface area contributed by atoms with E-state index in [0.29, 0.717) is 12.1 Å². The van der Waals surface area contributed by atoms with E-state index in [-0.39, 0.29) is 30.2 Å². The normalized spacial score (nSPS) is 11.7. The molecule has 0 aliphatic carbocycles. The van der Waals surface area contributed by atoms with Crippen LogP contribution in [0.25, 0.3) is 0 Å². The first-order chi connectivity index (χ1) is 11.3. The standard InChI is InChI=1S/C18H27N3O3/c1-5-9-19-15(22)11-20-18(24)16(12(2)3)21-17(23)14-8-6-7-13(4)10-14/h6-8,10,12,16H,5,9,11H2,1-4H3,(H,19,22)(H,20,24)(H,21,23). The van der Waals surface area contributed by atoms with Gasteiger partial charge >= 0.3 is 0 Å². The maximum atomic E-state index is 12.3. The summed E-state index contributed by atoms with van der Waals surface area (Å²) in [4.78, 5) is 36.2. The minimum absolute atomic E-state index is 0.0949. The molecule has 0 fully saturated rings. The van der Waals surface area contributed by atoms with Crippen molar-refractivity contribution in [2.75, 3.05) is 13.1 Å². The molecule has 0 heterocycles. The highest BCUT2D eigenvalue weighted by Gasteiger charge is 2.24. The summed E-state index contributed by atoms with van der Waals surface area (Å²) >= 11 is 0. The van der Waals surface area contributed by atoms with E-state index < -0.39 is 6.04 Å². The Hall–Kier alpha value is -2.37. The van der Waals surface area contributed by atoms with Crippen molar-refractivity contribution in [2.45, 2.75) is 40.2 Å². The van der Waals surface area contributed by atoms with E-state index in [4.69, 9.17) is 0 Å². The molecule has 0 aliphatic rings. The van der Waals surface area contributed by atoms with E-state index in [9.17, 15) is 14.4 Å². The predicted octanol–water partition coefficient (Wildman–Crippen LogP) is 1.39. The van der Waals surface area contributed by atoms with Gasteiger partial charge in [0.15, 0.2) is 0 Å². The molecular formula is C18H27N3O3. The Kier molecular flexibility index (Phi) is 7.95. The molecule has 0 aromatic heterocycles. The highest BCUT2D eigenvalue weighted by atomic mass is 16.2. The number of hydrogen-bond acceptors (Lipinski definition) is 3. The third kappa shape index (κ3) is 6.40. The lowest BCUT2D eigenvalue weighted by atomic mass is 10.0. The number of aryl methyl sites for hydroxylation is 1. The Morgan fingerprint density at radius 1 is 1.12 bits per heavy atom. The van der Waals surface area contributed by atoms with Gasteiger partial charge in [0.1, 0.15) is 6.04 Å². The molecule has 0 bridgehead atoms. The molecule has 0 aliphatic heterocycles. The van der Waals surface area contributed by atoms with Gasteiger partial charge in [-0.15, -0.1) is 0 Å². The van der Waals surface area contributed by atoms with Crippen molar-refractivity contribution in [2.24, 2.45) is 5.92 Å². The third-order valence-corrected chi connectivity index (χ3v) is 3.51. The summed E-state index contributed by atoms with van der Waals surface area (Å²) in [5.41, 5.74) is 1.48. The lowest BCUT2D eigenvalue weighted by Gasteiger charge is -2.21. The maximum absolute atomic E-state index is 12.3. The SMILES string of the molecule is CCCNC(=O)CNC(=O)C(NC(=O)c1cccc(C)c1)C(C)C.